The highest BCUT2D eigenvalue weighted by Crippen LogP contribution is 2.34. The number of benzene rings is 1. The molecule has 0 bridgehead atoms. The van der Waals surface area contributed by atoms with Gasteiger partial charge in [-0.2, -0.15) is 0 Å². The second kappa shape index (κ2) is 9.42. The van der Waals surface area contributed by atoms with E-state index in [1.807, 2.05) is 18.2 Å². The van der Waals surface area contributed by atoms with Gasteiger partial charge in [0.2, 0.25) is 5.91 Å². The lowest BCUT2D eigenvalue weighted by Crippen LogP contribution is -2.44. The number of aliphatic hydroxyl groups is 1. The minimum Gasteiger partial charge on any atom is -0.490 e. The zero-order valence-corrected chi connectivity index (χ0v) is 16.4. The third kappa shape index (κ3) is 5.36. The summed E-state index contributed by atoms with van der Waals surface area (Å²) in [6, 6.07) is 5.87. The summed E-state index contributed by atoms with van der Waals surface area (Å²) in [5.74, 6) is 2.10. The predicted octanol–water partition coefficient (Wildman–Crippen LogP) is 2.37. The van der Waals surface area contributed by atoms with Crippen LogP contribution in [0.25, 0.3) is 0 Å². The number of hydrogen-bond acceptors (Lipinski definition) is 5. The van der Waals surface area contributed by atoms with Gasteiger partial charge in [-0.25, -0.2) is 0 Å². The molecular weight excluding hydrogens is 344 g/mol. The summed E-state index contributed by atoms with van der Waals surface area (Å²) in [7, 11) is 0. The van der Waals surface area contributed by atoms with Crippen molar-refractivity contribution in [2.75, 3.05) is 39.5 Å². The van der Waals surface area contributed by atoms with Crippen molar-refractivity contribution >= 4 is 5.91 Å². The monoisotopic (exact) mass is 376 g/mol. The van der Waals surface area contributed by atoms with Gasteiger partial charge < -0.3 is 19.9 Å². The Hall–Kier alpha value is -1.79. The molecule has 27 heavy (non-hydrogen) atoms. The van der Waals surface area contributed by atoms with Gasteiger partial charge in [0.05, 0.1) is 25.8 Å². The van der Waals surface area contributed by atoms with E-state index in [2.05, 4.69) is 24.1 Å². The van der Waals surface area contributed by atoms with E-state index in [0.29, 0.717) is 19.8 Å². The molecule has 2 aliphatic heterocycles. The molecule has 0 radical (unpaired) electrons. The molecule has 2 atom stereocenters. The second-order valence-corrected chi connectivity index (χ2v) is 7.97. The van der Waals surface area contributed by atoms with E-state index in [4.69, 9.17) is 9.47 Å². The molecule has 2 N–H and O–H groups in total. The van der Waals surface area contributed by atoms with Crippen LogP contribution in [-0.2, 0) is 4.79 Å². The number of rotatable bonds is 6. The average molecular weight is 376 g/mol. The maximum atomic E-state index is 12.7. The normalized spacial score (nSPS) is 21.6. The van der Waals surface area contributed by atoms with Crippen LogP contribution in [0, 0.1) is 11.8 Å². The fraction of sp³-hybridized carbons (Fsp3) is 0.667. The Kier molecular flexibility index (Phi) is 6.96. The Balaban J connectivity index is 1.65. The molecule has 1 fully saturated rings. The minimum absolute atomic E-state index is 0.0272. The summed E-state index contributed by atoms with van der Waals surface area (Å²) in [6.45, 7) is 7.82. The van der Waals surface area contributed by atoms with Crippen LogP contribution in [0.1, 0.15) is 44.7 Å². The van der Waals surface area contributed by atoms with Crippen molar-refractivity contribution in [2.24, 2.45) is 11.8 Å². The number of nitrogens with zero attached hydrogens (tertiary/aromatic N) is 1. The van der Waals surface area contributed by atoms with E-state index in [9.17, 15) is 9.90 Å². The van der Waals surface area contributed by atoms with Gasteiger partial charge in [0.1, 0.15) is 0 Å². The average Bonchev–Trinajstić information content (AvgIpc) is 2.90. The first kappa shape index (κ1) is 20.0. The summed E-state index contributed by atoms with van der Waals surface area (Å²) >= 11 is 0. The number of piperidine rings is 1. The Labute approximate surface area is 161 Å². The van der Waals surface area contributed by atoms with Crippen LogP contribution in [0.2, 0.25) is 0 Å². The molecule has 3 rings (SSSR count). The fourth-order valence-corrected chi connectivity index (χ4v) is 3.87. The number of carbonyl (C=O) groups excluding carboxylic acids is 1. The van der Waals surface area contributed by atoms with Crippen molar-refractivity contribution in [2.45, 2.75) is 39.2 Å². The third-order valence-corrected chi connectivity index (χ3v) is 5.34. The van der Waals surface area contributed by atoms with Crippen molar-refractivity contribution in [3.05, 3.63) is 23.8 Å². The molecule has 0 aromatic heterocycles. The minimum atomic E-state index is -0.0758. The number of fused-ring (bicyclic) bond motifs is 1. The van der Waals surface area contributed by atoms with Crippen LogP contribution in [0.3, 0.4) is 0 Å². The van der Waals surface area contributed by atoms with Crippen LogP contribution < -0.4 is 14.8 Å². The van der Waals surface area contributed by atoms with Crippen molar-refractivity contribution in [3.8, 4) is 11.5 Å². The van der Waals surface area contributed by atoms with E-state index in [0.717, 1.165) is 49.4 Å². The van der Waals surface area contributed by atoms with Gasteiger partial charge in [-0.15, -0.1) is 0 Å². The SMILES string of the molecule is CC(C)[C@H](NC(=O)CN1CCC[C@H](CO)C1)c1ccc2c(c1)OCCCO2. The summed E-state index contributed by atoms with van der Waals surface area (Å²) < 4.78 is 11.5. The first-order chi connectivity index (χ1) is 13.1. The van der Waals surface area contributed by atoms with Crippen molar-refractivity contribution in [3.63, 3.8) is 0 Å². The zero-order chi connectivity index (χ0) is 19.2. The lowest BCUT2D eigenvalue weighted by atomic mass is 9.95. The predicted molar refractivity (Wildman–Crippen MR) is 104 cm³/mol. The number of ether oxygens (including phenoxy) is 2. The van der Waals surface area contributed by atoms with E-state index in [1.165, 1.54) is 0 Å². The third-order valence-electron chi connectivity index (χ3n) is 5.34. The molecule has 6 nitrogen and oxygen atoms in total. The van der Waals surface area contributed by atoms with Gasteiger partial charge in [0.15, 0.2) is 11.5 Å². The molecule has 0 unspecified atom stereocenters. The molecule has 0 saturated carbocycles. The van der Waals surface area contributed by atoms with Crippen LogP contribution in [-0.4, -0.2) is 55.4 Å². The van der Waals surface area contributed by atoms with E-state index in [1.54, 1.807) is 0 Å². The summed E-state index contributed by atoms with van der Waals surface area (Å²) in [5.41, 5.74) is 1.04. The van der Waals surface area contributed by atoms with Gasteiger partial charge in [-0.3, -0.25) is 9.69 Å². The lowest BCUT2D eigenvalue weighted by Gasteiger charge is -2.32. The summed E-state index contributed by atoms with van der Waals surface area (Å²) in [4.78, 5) is 14.8. The molecule has 6 heteroatoms. The number of amides is 1. The molecular formula is C21H32N2O4. The van der Waals surface area contributed by atoms with Crippen molar-refractivity contribution < 1.29 is 19.4 Å². The largest absolute Gasteiger partial charge is 0.490 e. The number of carbonyl (C=O) groups is 1. The molecule has 1 aromatic carbocycles. The van der Waals surface area contributed by atoms with Gasteiger partial charge in [0, 0.05) is 19.6 Å². The molecule has 1 saturated heterocycles. The maximum Gasteiger partial charge on any atom is 0.234 e. The molecule has 1 amide bonds. The topological polar surface area (TPSA) is 71.0 Å². The first-order valence-electron chi connectivity index (χ1n) is 10.1. The van der Waals surface area contributed by atoms with Gasteiger partial charge in [-0.1, -0.05) is 19.9 Å². The number of likely N-dealkylation sites (tertiary alicyclic amines) is 1. The molecule has 2 aliphatic rings. The smallest absolute Gasteiger partial charge is 0.234 e. The van der Waals surface area contributed by atoms with E-state index < -0.39 is 0 Å². The van der Waals surface area contributed by atoms with Crippen molar-refractivity contribution in [1.82, 2.24) is 10.2 Å². The van der Waals surface area contributed by atoms with Crippen LogP contribution in [0.15, 0.2) is 18.2 Å². The Bertz CT molecular complexity index is 635. The summed E-state index contributed by atoms with van der Waals surface area (Å²) in [6.07, 6.45) is 2.95. The molecule has 0 aliphatic carbocycles. The number of hydrogen-bond donors (Lipinski definition) is 2. The number of aliphatic hydroxyl groups excluding tert-OH is 1. The zero-order valence-electron chi connectivity index (χ0n) is 16.4. The first-order valence-corrected chi connectivity index (χ1v) is 10.1. The Morgan fingerprint density at radius 2 is 2.04 bits per heavy atom. The van der Waals surface area contributed by atoms with E-state index in [-0.39, 0.29) is 30.4 Å². The van der Waals surface area contributed by atoms with Gasteiger partial charge >= 0.3 is 0 Å². The highest BCUT2D eigenvalue weighted by atomic mass is 16.5. The second-order valence-electron chi connectivity index (χ2n) is 7.97. The standard InChI is InChI=1S/C21H32N2O4/c1-15(2)21(17-6-7-18-19(11-17)27-10-4-9-26-18)22-20(25)13-23-8-3-5-16(12-23)14-24/h6-7,11,15-16,21,24H,3-5,8-10,12-14H2,1-2H3,(H,22,25)/t16-,21-/m0/s1. The highest BCUT2D eigenvalue weighted by Gasteiger charge is 2.24. The molecule has 2 heterocycles. The Morgan fingerprint density at radius 1 is 1.26 bits per heavy atom. The molecule has 1 aromatic rings. The molecule has 150 valence electrons. The van der Waals surface area contributed by atoms with Gasteiger partial charge in [0.25, 0.3) is 0 Å². The summed E-state index contributed by atoms with van der Waals surface area (Å²) in [5, 5.41) is 12.6. The molecule has 0 spiro atoms. The fourth-order valence-electron chi connectivity index (χ4n) is 3.87. The lowest BCUT2D eigenvalue weighted by molar-refractivity contribution is -0.123. The maximum absolute atomic E-state index is 12.7. The van der Waals surface area contributed by atoms with Crippen LogP contribution in [0.5, 0.6) is 11.5 Å². The van der Waals surface area contributed by atoms with E-state index >= 15 is 0 Å². The number of nitrogens with one attached hydrogen (secondary N) is 1. The van der Waals surface area contributed by atoms with Gasteiger partial charge in [-0.05, 0) is 48.9 Å². The highest BCUT2D eigenvalue weighted by molar-refractivity contribution is 5.78. The van der Waals surface area contributed by atoms with Crippen molar-refractivity contribution in [1.29, 1.82) is 0 Å². The van der Waals surface area contributed by atoms with Crippen LogP contribution >= 0.6 is 0 Å². The Morgan fingerprint density at radius 3 is 2.78 bits per heavy atom. The quantitative estimate of drug-likeness (QED) is 0.798. The van der Waals surface area contributed by atoms with Crippen LogP contribution in [0.4, 0.5) is 0 Å².